The molecule has 2 N–H and O–H groups in total. The number of carbonyl (C=O) groups is 1. The van der Waals surface area contributed by atoms with Gasteiger partial charge >= 0.3 is 0 Å². The van der Waals surface area contributed by atoms with Crippen LogP contribution in [0.1, 0.15) is 19.3 Å². The van der Waals surface area contributed by atoms with Gasteiger partial charge in [-0.2, -0.15) is 12.6 Å². The summed E-state index contributed by atoms with van der Waals surface area (Å²) in [6.45, 7) is 3.55. The number of carbonyl (C=O) groups excluding carboxylic acids is 1. The van der Waals surface area contributed by atoms with Gasteiger partial charge in [-0.3, -0.25) is 4.79 Å². The second kappa shape index (κ2) is 7.14. The smallest absolute Gasteiger partial charge is 0.232 e. The van der Waals surface area contributed by atoms with Crippen molar-refractivity contribution in [2.24, 2.45) is 5.73 Å². The van der Waals surface area contributed by atoms with Crippen LogP contribution in [0.3, 0.4) is 0 Å². The Morgan fingerprint density at radius 1 is 1.50 bits per heavy atom. The molecule has 0 aliphatic carbocycles. The van der Waals surface area contributed by atoms with E-state index in [1.54, 1.807) is 0 Å². The maximum Gasteiger partial charge on any atom is 0.232 e. The molecule has 1 saturated heterocycles. The summed E-state index contributed by atoms with van der Waals surface area (Å²) in [6.07, 6.45) is 3.19. The highest BCUT2D eigenvalue weighted by atomic mass is 32.1. The fourth-order valence-electron chi connectivity index (χ4n) is 2.18. The van der Waals surface area contributed by atoms with E-state index in [1.165, 1.54) is 0 Å². The molecule has 5 heteroatoms. The zero-order valence-electron chi connectivity index (χ0n) is 10.1. The third-order valence-electron chi connectivity index (χ3n) is 3.29. The van der Waals surface area contributed by atoms with E-state index in [0.29, 0.717) is 11.8 Å². The molecule has 0 radical (unpaired) electrons. The zero-order valence-corrected chi connectivity index (χ0v) is 11.0. The van der Waals surface area contributed by atoms with E-state index in [2.05, 4.69) is 24.6 Å². The van der Waals surface area contributed by atoms with Crippen LogP contribution < -0.4 is 5.73 Å². The van der Waals surface area contributed by atoms with Gasteiger partial charge in [0.1, 0.15) is 0 Å². The molecule has 1 aliphatic rings. The third kappa shape index (κ3) is 3.96. The average molecular weight is 245 g/mol. The lowest BCUT2D eigenvalue weighted by atomic mass is 10.0. The molecule has 0 saturated carbocycles. The highest BCUT2D eigenvalue weighted by Gasteiger charge is 2.24. The summed E-state index contributed by atoms with van der Waals surface area (Å²) in [5.74, 6) is 0.486. The maximum atomic E-state index is 11.4. The van der Waals surface area contributed by atoms with Gasteiger partial charge in [0.15, 0.2) is 0 Å². The first-order valence-corrected chi connectivity index (χ1v) is 6.61. The minimum absolute atomic E-state index is 0.159. The van der Waals surface area contributed by atoms with Gasteiger partial charge < -0.3 is 15.5 Å². The number of nitrogens with zero attached hydrogens (tertiary/aromatic N) is 2. The molecule has 0 atom stereocenters. The number of amides is 1. The van der Waals surface area contributed by atoms with E-state index >= 15 is 0 Å². The average Bonchev–Trinajstić information content (AvgIpc) is 2.35. The standard InChI is InChI=1S/C11H23N3OS/c1-13(6-2-5-12)10-3-7-14(8-4-10)11(15)9-16/h10,16H,2-9,12H2,1H3. The molecule has 1 aliphatic heterocycles. The molecule has 0 unspecified atom stereocenters. The number of rotatable bonds is 5. The SMILES string of the molecule is CN(CCCN)C1CCN(C(=O)CS)CC1. The van der Waals surface area contributed by atoms with Crippen molar-refractivity contribution >= 4 is 18.5 Å². The largest absolute Gasteiger partial charge is 0.342 e. The summed E-state index contributed by atoms with van der Waals surface area (Å²) in [5, 5.41) is 0. The Kier molecular flexibility index (Phi) is 6.16. The van der Waals surface area contributed by atoms with Crippen LogP contribution in [-0.2, 0) is 4.79 Å². The first kappa shape index (κ1) is 13.8. The minimum atomic E-state index is 0.159. The number of thiol groups is 1. The molecule has 94 valence electrons. The Balaban J connectivity index is 2.28. The number of nitrogens with two attached hydrogens (primary N) is 1. The molecule has 16 heavy (non-hydrogen) atoms. The van der Waals surface area contributed by atoms with Gasteiger partial charge in [0.2, 0.25) is 5.91 Å². The van der Waals surface area contributed by atoms with Gasteiger partial charge in [0.25, 0.3) is 0 Å². The van der Waals surface area contributed by atoms with E-state index < -0.39 is 0 Å². The van der Waals surface area contributed by atoms with Crippen molar-refractivity contribution in [3.8, 4) is 0 Å². The summed E-state index contributed by atoms with van der Waals surface area (Å²) in [5.41, 5.74) is 5.50. The lowest BCUT2D eigenvalue weighted by molar-refractivity contribution is -0.129. The predicted octanol–water partition coefficient (Wildman–Crippen LogP) is 0.188. The molecule has 1 heterocycles. The van der Waals surface area contributed by atoms with Crippen molar-refractivity contribution in [1.29, 1.82) is 0 Å². The number of hydrogen-bond acceptors (Lipinski definition) is 4. The van der Waals surface area contributed by atoms with Crippen LogP contribution in [0.25, 0.3) is 0 Å². The molecule has 0 aromatic heterocycles. The number of hydrogen-bond donors (Lipinski definition) is 2. The van der Waals surface area contributed by atoms with Crippen molar-refractivity contribution < 1.29 is 4.79 Å². The highest BCUT2D eigenvalue weighted by molar-refractivity contribution is 7.81. The van der Waals surface area contributed by atoms with Gasteiger partial charge in [-0.05, 0) is 39.4 Å². The Hall–Kier alpha value is -0.260. The lowest BCUT2D eigenvalue weighted by Crippen LogP contribution is -2.46. The van der Waals surface area contributed by atoms with Crippen LogP contribution >= 0.6 is 12.6 Å². The van der Waals surface area contributed by atoms with Crippen molar-refractivity contribution in [3.05, 3.63) is 0 Å². The number of piperidine rings is 1. The van der Waals surface area contributed by atoms with Crippen LogP contribution in [0.2, 0.25) is 0 Å². The summed E-state index contributed by atoms with van der Waals surface area (Å²) in [7, 11) is 2.15. The monoisotopic (exact) mass is 245 g/mol. The molecule has 0 bridgehead atoms. The first-order valence-electron chi connectivity index (χ1n) is 5.98. The second-order valence-corrected chi connectivity index (χ2v) is 4.71. The number of likely N-dealkylation sites (tertiary alicyclic amines) is 1. The van der Waals surface area contributed by atoms with Crippen molar-refractivity contribution in [2.75, 3.05) is 39.0 Å². The lowest BCUT2D eigenvalue weighted by Gasteiger charge is -2.36. The molecule has 0 aromatic rings. The highest BCUT2D eigenvalue weighted by Crippen LogP contribution is 2.15. The Morgan fingerprint density at radius 2 is 2.12 bits per heavy atom. The topological polar surface area (TPSA) is 49.6 Å². The summed E-state index contributed by atoms with van der Waals surface area (Å²) < 4.78 is 0. The molecule has 1 rings (SSSR count). The van der Waals surface area contributed by atoms with Crippen LogP contribution in [0.4, 0.5) is 0 Å². The predicted molar refractivity (Wildman–Crippen MR) is 69.8 cm³/mol. The fourth-order valence-corrected chi connectivity index (χ4v) is 2.38. The molecule has 0 aromatic carbocycles. The van der Waals surface area contributed by atoms with E-state index in [4.69, 9.17) is 5.73 Å². The second-order valence-electron chi connectivity index (χ2n) is 4.39. The van der Waals surface area contributed by atoms with E-state index in [9.17, 15) is 4.79 Å². The molecule has 1 fully saturated rings. The summed E-state index contributed by atoms with van der Waals surface area (Å²) in [6, 6.07) is 0.607. The summed E-state index contributed by atoms with van der Waals surface area (Å²) in [4.78, 5) is 15.7. The van der Waals surface area contributed by atoms with Crippen LogP contribution in [-0.4, -0.2) is 60.7 Å². The minimum Gasteiger partial charge on any atom is -0.342 e. The normalized spacial score (nSPS) is 18.1. The molecular weight excluding hydrogens is 222 g/mol. The van der Waals surface area contributed by atoms with Gasteiger partial charge in [-0.1, -0.05) is 0 Å². The van der Waals surface area contributed by atoms with Gasteiger partial charge in [0.05, 0.1) is 5.75 Å². The van der Waals surface area contributed by atoms with E-state index in [-0.39, 0.29) is 5.91 Å². The van der Waals surface area contributed by atoms with Crippen molar-refractivity contribution in [1.82, 2.24) is 9.80 Å². The van der Waals surface area contributed by atoms with E-state index in [1.807, 2.05) is 4.90 Å². The molecule has 0 spiro atoms. The third-order valence-corrected chi connectivity index (χ3v) is 3.56. The molecule has 4 nitrogen and oxygen atoms in total. The molecule has 1 amide bonds. The van der Waals surface area contributed by atoms with Gasteiger partial charge in [0, 0.05) is 19.1 Å². The van der Waals surface area contributed by atoms with Crippen LogP contribution in [0, 0.1) is 0 Å². The Morgan fingerprint density at radius 3 is 2.62 bits per heavy atom. The van der Waals surface area contributed by atoms with E-state index in [0.717, 1.165) is 45.4 Å². The molecular formula is C11H23N3OS. The quantitative estimate of drug-likeness (QED) is 0.680. The Labute approximate surface area is 104 Å². The van der Waals surface area contributed by atoms with Gasteiger partial charge in [-0.25, -0.2) is 0 Å². The zero-order chi connectivity index (χ0) is 12.0. The van der Waals surface area contributed by atoms with Crippen molar-refractivity contribution in [3.63, 3.8) is 0 Å². The van der Waals surface area contributed by atoms with Crippen LogP contribution in [0.5, 0.6) is 0 Å². The van der Waals surface area contributed by atoms with Crippen LogP contribution in [0.15, 0.2) is 0 Å². The van der Waals surface area contributed by atoms with Crippen molar-refractivity contribution in [2.45, 2.75) is 25.3 Å². The first-order chi connectivity index (χ1) is 7.69. The maximum absolute atomic E-state index is 11.4. The fraction of sp³-hybridized carbons (Fsp3) is 0.909. The Bertz CT molecular complexity index is 217. The summed E-state index contributed by atoms with van der Waals surface area (Å²) >= 11 is 4.02. The van der Waals surface area contributed by atoms with Gasteiger partial charge in [-0.15, -0.1) is 0 Å².